The van der Waals surface area contributed by atoms with Crippen LogP contribution >= 0.6 is 0 Å². The molecule has 1 aromatic rings. The molecule has 2 aliphatic rings. The van der Waals surface area contributed by atoms with Gasteiger partial charge in [0.15, 0.2) is 5.78 Å². The Balaban J connectivity index is 1.80. The molecule has 124 valence electrons. The maximum atomic E-state index is 12.6. The largest absolute Gasteiger partial charge is 0.373 e. The zero-order valence-corrected chi connectivity index (χ0v) is 14.2. The summed E-state index contributed by atoms with van der Waals surface area (Å²) in [6, 6.07) is 10.4. The Labute approximate surface area is 138 Å². The molecule has 0 amide bonds. The van der Waals surface area contributed by atoms with Crippen molar-refractivity contribution >= 4 is 12.1 Å². The highest BCUT2D eigenvalue weighted by atomic mass is 16.5. The van der Waals surface area contributed by atoms with Gasteiger partial charge in [-0.15, -0.1) is 0 Å². The second kappa shape index (κ2) is 5.86. The molecule has 0 radical (unpaired) electrons. The molecule has 4 atom stereocenters. The van der Waals surface area contributed by atoms with Crippen LogP contribution in [0.15, 0.2) is 30.3 Å². The third-order valence-corrected chi connectivity index (χ3v) is 5.78. The number of fused-ring (bicyclic) bond motifs is 1. The zero-order valence-electron chi connectivity index (χ0n) is 14.2. The molecular weight excluding hydrogens is 288 g/mol. The van der Waals surface area contributed by atoms with Gasteiger partial charge >= 0.3 is 0 Å². The number of rotatable bonds is 3. The SMILES string of the molecule is CC1(C)C(=O)C(C=O)C[C@]2(C)CC[C@@H](Cc3ccccc3)O[C@@H]12. The van der Waals surface area contributed by atoms with Gasteiger partial charge in [-0.05, 0) is 36.7 Å². The van der Waals surface area contributed by atoms with Gasteiger partial charge in [-0.1, -0.05) is 51.1 Å². The van der Waals surface area contributed by atoms with E-state index in [0.29, 0.717) is 6.42 Å². The quantitative estimate of drug-likeness (QED) is 0.632. The second-order valence-corrected chi connectivity index (χ2v) is 8.05. The van der Waals surface area contributed by atoms with Crippen LogP contribution < -0.4 is 0 Å². The number of Topliss-reactive ketones (excluding diaryl/α,β-unsaturated/α-hetero) is 1. The maximum Gasteiger partial charge on any atom is 0.151 e. The number of hydrogen-bond acceptors (Lipinski definition) is 3. The summed E-state index contributed by atoms with van der Waals surface area (Å²) in [4.78, 5) is 23.9. The molecular formula is C20H26O3. The van der Waals surface area contributed by atoms with Gasteiger partial charge in [0.1, 0.15) is 6.29 Å². The minimum Gasteiger partial charge on any atom is -0.373 e. The lowest BCUT2D eigenvalue weighted by atomic mass is 9.55. The number of aldehydes is 1. The Bertz CT molecular complexity index is 592. The van der Waals surface area contributed by atoms with Gasteiger partial charge < -0.3 is 9.53 Å². The van der Waals surface area contributed by atoms with Crippen LogP contribution in [0, 0.1) is 16.7 Å². The normalized spacial score (nSPS) is 36.3. The molecule has 0 spiro atoms. The summed E-state index contributed by atoms with van der Waals surface area (Å²) < 4.78 is 6.44. The molecule has 0 aromatic heterocycles. The first-order valence-corrected chi connectivity index (χ1v) is 8.56. The van der Waals surface area contributed by atoms with Gasteiger partial charge in [0, 0.05) is 0 Å². The lowest BCUT2D eigenvalue weighted by Gasteiger charge is -2.55. The van der Waals surface area contributed by atoms with E-state index in [1.807, 2.05) is 32.0 Å². The first-order valence-electron chi connectivity index (χ1n) is 8.56. The van der Waals surface area contributed by atoms with Crippen molar-refractivity contribution in [2.24, 2.45) is 16.7 Å². The fourth-order valence-corrected chi connectivity index (χ4v) is 4.64. The minimum absolute atomic E-state index is 0.0373. The minimum atomic E-state index is -0.603. The highest BCUT2D eigenvalue weighted by molar-refractivity contribution is 5.98. The van der Waals surface area contributed by atoms with Crippen molar-refractivity contribution in [1.29, 1.82) is 0 Å². The number of hydrogen-bond donors (Lipinski definition) is 0. The van der Waals surface area contributed by atoms with Gasteiger partial charge in [0.25, 0.3) is 0 Å². The molecule has 1 unspecified atom stereocenters. The van der Waals surface area contributed by atoms with Gasteiger partial charge in [0.05, 0.1) is 23.5 Å². The molecule has 3 rings (SSSR count). The first-order chi connectivity index (χ1) is 10.9. The second-order valence-electron chi connectivity index (χ2n) is 8.05. The summed E-state index contributed by atoms with van der Waals surface area (Å²) >= 11 is 0. The van der Waals surface area contributed by atoms with Gasteiger partial charge in [0.2, 0.25) is 0 Å². The lowest BCUT2D eigenvalue weighted by Crippen LogP contribution is -2.60. The number of ether oxygens (including phenoxy) is 1. The average molecular weight is 314 g/mol. The fraction of sp³-hybridized carbons (Fsp3) is 0.600. The van der Waals surface area contributed by atoms with Crippen LogP contribution in [0.4, 0.5) is 0 Å². The molecule has 1 saturated carbocycles. The Morgan fingerprint density at radius 2 is 1.91 bits per heavy atom. The molecule has 0 N–H and O–H groups in total. The lowest BCUT2D eigenvalue weighted by molar-refractivity contribution is -0.199. The standard InChI is InChI=1S/C20H26O3/c1-19(2)17(22)15(13-21)12-20(3)10-9-16(23-18(19)20)11-14-7-5-4-6-8-14/h4-8,13,15-16,18H,9-12H2,1-3H3/t15?,16-,18-,20-/m0/s1. The van der Waals surface area contributed by atoms with Crippen LogP contribution in [0.3, 0.4) is 0 Å². The van der Waals surface area contributed by atoms with E-state index in [4.69, 9.17) is 4.74 Å². The number of ketones is 1. The van der Waals surface area contributed by atoms with Crippen molar-refractivity contribution in [3.63, 3.8) is 0 Å². The van der Waals surface area contributed by atoms with E-state index in [-0.39, 0.29) is 23.4 Å². The summed E-state index contributed by atoms with van der Waals surface area (Å²) in [5, 5.41) is 0. The topological polar surface area (TPSA) is 43.4 Å². The summed E-state index contributed by atoms with van der Waals surface area (Å²) in [7, 11) is 0. The van der Waals surface area contributed by atoms with E-state index < -0.39 is 11.3 Å². The van der Waals surface area contributed by atoms with Crippen LogP contribution in [0.5, 0.6) is 0 Å². The Kier molecular flexibility index (Phi) is 4.18. The molecule has 1 aliphatic carbocycles. The molecule has 2 fully saturated rings. The van der Waals surface area contributed by atoms with Crippen LogP contribution in [-0.2, 0) is 20.7 Å². The molecule has 0 bridgehead atoms. The van der Waals surface area contributed by atoms with Crippen molar-refractivity contribution in [1.82, 2.24) is 0 Å². The van der Waals surface area contributed by atoms with Gasteiger partial charge in [-0.25, -0.2) is 0 Å². The van der Waals surface area contributed by atoms with Crippen LogP contribution in [0.2, 0.25) is 0 Å². The Morgan fingerprint density at radius 1 is 1.22 bits per heavy atom. The number of carbonyl (C=O) groups is 2. The molecule has 1 heterocycles. The number of benzene rings is 1. The third-order valence-electron chi connectivity index (χ3n) is 5.78. The van der Waals surface area contributed by atoms with Crippen LogP contribution in [0.25, 0.3) is 0 Å². The predicted octanol–water partition coefficient (Wildman–Crippen LogP) is 3.60. The summed E-state index contributed by atoms with van der Waals surface area (Å²) in [6.07, 6.45) is 4.38. The summed E-state index contributed by atoms with van der Waals surface area (Å²) in [5.74, 6) is -0.434. The van der Waals surface area contributed by atoms with E-state index in [1.54, 1.807) is 0 Å². The first kappa shape index (κ1) is 16.4. The molecule has 23 heavy (non-hydrogen) atoms. The highest BCUT2D eigenvalue weighted by Crippen LogP contribution is 2.53. The van der Waals surface area contributed by atoms with E-state index in [2.05, 4.69) is 19.1 Å². The monoisotopic (exact) mass is 314 g/mol. The van der Waals surface area contributed by atoms with Crippen molar-refractivity contribution in [2.45, 2.75) is 58.7 Å². The van der Waals surface area contributed by atoms with Crippen molar-refractivity contribution in [3.05, 3.63) is 35.9 Å². The van der Waals surface area contributed by atoms with Crippen LogP contribution in [0.1, 0.15) is 45.6 Å². The van der Waals surface area contributed by atoms with E-state index in [0.717, 1.165) is 25.5 Å². The van der Waals surface area contributed by atoms with Crippen molar-refractivity contribution < 1.29 is 14.3 Å². The van der Waals surface area contributed by atoms with E-state index in [9.17, 15) is 9.59 Å². The number of carbonyl (C=O) groups excluding carboxylic acids is 2. The Hall–Kier alpha value is -1.48. The van der Waals surface area contributed by atoms with E-state index in [1.165, 1.54) is 5.56 Å². The Morgan fingerprint density at radius 3 is 2.57 bits per heavy atom. The third kappa shape index (κ3) is 2.87. The van der Waals surface area contributed by atoms with Crippen LogP contribution in [-0.4, -0.2) is 24.3 Å². The zero-order chi connectivity index (χ0) is 16.7. The van der Waals surface area contributed by atoms with Crippen molar-refractivity contribution in [2.75, 3.05) is 0 Å². The van der Waals surface area contributed by atoms with Gasteiger partial charge in [-0.3, -0.25) is 4.79 Å². The average Bonchev–Trinajstić information content (AvgIpc) is 2.54. The molecule has 1 aliphatic heterocycles. The van der Waals surface area contributed by atoms with E-state index >= 15 is 0 Å². The predicted molar refractivity (Wildman–Crippen MR) is 89.1 cm³/mol. The van der Waals surface area contributed by atoms with Gasteiger partial charge in [-0.2, -0.15) is 0 Å². The maximum absolute atomic E-state index is 12.6. The molecule has 3 heteroatoms. The summed E-state index contributed by atoms with van der Waals surface area (Å²) in [5.41, 5.74) is 0.580. The molecule has 3 nitrogen and oxygen atoms in total. The van der Waals surface area contributed by atoms with Crippen molar-refractivity contribution in [3.8, 4) is 0 Å². The molecule has 1 saturated heterocycles. The fourth-order valence-electron chi connectivity index (χ4n) is 4.64. The smallest absolute Gasteiger partial charge is 0.151 e. The summed E-state index contributed by atoms with van der Waals surface area (Å²) in [6.45, 7) is 6.07. The molecule has 1 aromatic carbocycles. The highest BCUT2D eigenvalue weighted by Gasteiger charge is 2.57.